The van der Waals surface area contributed by atoms with E-state index in [-0.39, 0.29) is 5.91 Å². The van der Waals surface area contributed by atoms with Crippen LogP contribution in [0.3, 0.4) is 0 Å². The highest BCUT2D eigenvalue weighted by Crippen LogP contribution is 2.54. The van der Waals surface area contributed by atoms with Gasteiger partial charge < -0.3 is 19.9 Å². The largest absolute Gasteiger partial charge is 0.493 e. The summed E-state index contributed by atoms with van der Waals surface area (Å²) in [5.74, 6) is -1.97. The summed E-state index contributed by atoms with van der Waals surface area (Å²) in [5.41, 5.74) is 2.07. The quantitative estimate of drug-likeness (QED) is 0.540. The van der Waals surface area contributed by atoms with Crippen LogP contribution in [0.15, 0.2) is 30.3 Å². The Morgan fingerprint density at radius 3 is 2.44 bits per heavy atom. The van der Waals surface area contributed by atoms with E-state index >= 15 is 0 Å². The van der Waals surface area contributed by atoms with Gasteiger partial charge in [-0.25, -0.2) is 13.8 Å². The number of aromatic nitrogens is 1. The first kappa shape index (κ1) is 21.7. The maximum Gasteiger partial charge on any atom is 0.282 e. The Bertz CT molecular complexity index is 1040. The van der Waals surface area contributed by atoms with Crippen LogP contribution < -0.4 is 19.9 Å². The number of nitrogens with one attached hydrogen (secondary N) is 1. The number of rotatable bonds is 5. The van der Waals surface area contributed by atoms with E-state index in [1.807, 2.05) is 12.1 Å². The second-order valence-corrected chi connectivity index (χ2v) is 10.3. The molecule has 0 radical (unpaired) electrons. The highest BCUT2D eigenvalue weighted by Gasteiger charge is 2.46. The molecule has 1 aromatic carbocycles. The Morgan fingerprint density at radius 1 is 1.09 bits per heavy atom. The lowest BCUT2D eigenvalue weighted by atomic mass is 9.93. The van der Waals surface area contributed by atoms with Crippen LogP contribution >= 0.6 is 22.6 Å². The number of alkyl halides is 2. The number of hydrogen-bond acceptors (Lipinski definition) is 5. The minimum absolute atomic E-state index is 0.263. The Hall–Kier alpha value is -2.17. The maximum absolute atomic E-state index is 13.4. The molecule has 0 atom stereocenters. The first-order valence-electron chi connectivity index (χ1n) is 10.8. The highest BCUT2D eigenvalue weighted by atomic mass is 127. The fourth-order valence-corrected chi connectivity index (χ4v) is 5.07. The van der Waals surface area contributed by atoms with Crippen molar-refractivity contribution in [1.82, 2.24) is 4.98 Å². The summed E-state index contributed by atoms with van der Waals surface area (Å²) < 4.78 is 33.1. The first-order valence-corrected chi connectivity index (χ1v) is 11.9. The highest BCUT2D eigenvalue weighted by molar-refractivity contribution is 14.1. The normalized spacial score (nSPS) is 20.6. The number of anilines is 3. The number of pyridine rings is 1. The lowest BCUT2D eigenvalue weighted by Crippen LogP contribution is -2.56. The number of nitrogens with zero attached hydrogens (tertiary/aromatic N) is 3. The molecule has 0 bridgehead atoms. The molecule has 1 N–H and O–H groups in total. The van der Waals surface area contributed by atoms with Crippen molar-refractivity contribution in [3.8, 4) is 5.75 Å². The summed E-state index contributed by atoms with van der Waals surface area (Å²) in [6.07, 6.45) is 5.00. The number of ether oxygens (including phenoxy) is 1. The molecule has 1 spiro atoms. The van der Waals surface area contributed by atoms with Crippen LogP contribution in [0.4, 0.5) is 26.1 Å². The third-order valence-corrected chi connectivity index (χ3v) is 7.44. The average Bonchev–Trinajstić information content (AvgIpc) is 3.51. The average molecular weight is 554 g/mol. The van der Waals surface area contributed by atoms with E-state index in [1.165, 1.54) is 37.7 Å². The van der Waals surface area contributed by atoms with Crippen molar-refractivity contribution in [2.45, 2.75) is 31.6 Å². The van der Waals surface area contributed by atoms with Crippen molar-refractivity contribution < 1.29 is 18.3 Å². The van der Waals surface area contributed by atoms with Gasteiger partial charge in [-0.1, -0.05) is 0 Å². The standard InChI is InChI=1S/C23H25F2IN4O2/c1-32-18-4-5-19(27-20(18)30-13-23(24,25)14-30)28-21(31)16-3-2-15(26)12-17(16)29-10-8-22(6-7-22)9-11-29/h2-5,12H,6-11,13-14H2,1H3,(H,27,28,31). The molecule has 2 saturated heterocycles. The molecular formula is C23H25F2IN4O2. The van der Waals surface area contributed by atoms with Gasteiger partial charge in [0.1, 0.15) is 5.82 Å². The van der Waals surface area contributed by atoms with Crippen LogP contribution in [0, 0.1) is 8.99 Å². The number of methoxy groups -OCH3 is 1. The van der Waals surface area contributed by atoms with Gasteiger partial charge in [0.05, 0.1) is 31.5 Å². The van der Waals surface area contributed by atoms with Crippen LogP contribution in [0.2, 0.25) is 0 Å². The molecule has 0 unspecified atom stereocenters. The van der Waals surface area contributed by atoms with Gasteiger partial charge in [-0.3, -0.25) is 4.79 Å². The predicted molar refractivity (Wildman–Crippen MR) is 128 cm³/mol. The van der Waals surface area contributed by atoms with Gasteiger partial charge in [-0.2, -0.15) is 0 Å². The van der Waals surface area contributed by atoms with Gasteiger partial charge in [0, 0.05) is 16.7 Å². The maximum atomic E-state index is 13.4. The van der Waals surface area contributed by atoms with Gasteiger partial charge in [-0.05, 0) is 84.0 Å². The van der Waals surface area contributed by atoms with Gasteiger partial charge in [0.15, 0.2) is 11.6 Å². The van der Waals surface area contributed by atoms with Crippen LogP contribution in [0.5, 0.6) is 5.75 Å². The van der Waals surface area contributed by atoms with Crippen LogP contribution in [0.25, 0.3) is 0 Å². The Labute approximate surface area is 199 Å². The Morgan fingerprint density at radius 2 is 1.81 bits per heavy atom. The van der Waals surface area contributed by atoms with Crippen LogP contribution in [-0.4, -0.2) is 50.1 Å². The predicted octanol–water partition coefficient (Wildman–Crippen LogP) is 4.78. The van der Waals surface area contributed by atoms with Gasteiger partial charge in [-0.15, -0.1) is 0 Å². The number of benzene rings is 1. The topological polar surface area (TPSA) is 57.7 Å². The fraction of sp³-hybridized carbons (Fsp3) is 0.478. The van der Waals surface area contributed by atoms with Crippen molar-refractivity contribution in [1.29, 1.82) is 0 Å². The van der Waals surface area contributed by atoms with E-state index in [0.717, 1.165) is 22.3 Å². The zero-order valence-electron chi connectivity index (χ0n) is 17.8. The molecular weight excluding hydrogens is 529 g/mol. The molecule has 9 heteroatoms. The summed E-state index contributed by atoms with van der Waals surface area (Å²) in [4.78, 5) is 21.4. The third-order valence-electron chi connectivity index (χ3n) is 6.77. The molecule has 1 aromatic heterocycles. The molecule has 2 aromatic rings. The van der Waals surface area contributed by atoms with E-state index in [0.29, 0.717) is 28.4 Å². The van der Waals surface area contributed by atoms with Gasteiger partial charge in [0.25, 0.3) is 11.8 Å². The van der Waals surface area contributed by atoms with Crippen LogP contribution in [0.1, 0.15) is 36.0 Å². The van der Waals surface area contributed by atoms with Gasteiger partial charge in [0.2, 0.25) is 0 Å². The minimum atomic E-state index is -2.73. The summed E-state index contributed by atoms with van der Waals surface area (Å²) >= 11 is 2.27. The molecule has 5 rings (SSSR count). The molecule has 1 aliphatic carbocycles. The molecule has 3 fully saturated rings. The number of amides is 1. The van der Waals surface area contributed by atoms with Gasteiger partial charge >= 0.3 is 0 Å². The van der Waals surface area contributed by atoms with E-state index in [9.17, 15) is 13.6 Å². The Balaban J connectivity index is 1.36. The first-order chi connectivity index (χ1) is 15.3. The van der Waals surface area contributed by atoms with Crippen molar-refractivity contribution in [3.05, 3.63) is 39.5 Å². The van der Waals surface area contributed by atoms with Crippen molar-refractivity contribution in [2.75, 3.05) is 48.4 Å². The van der Waals surface area contributed by atoms with E-state index < -0.39 is 19.0 Å². The third kappa shape index (κ3) is 4.23. The van der Waals surface area contributed by atoms with E-state index in [2.05, 4.69) is 43.9 Å². The summed E-state index contributed by atoms with van der Waals surface area (Å²) in [7, 11) is 1.47. The number of carbonyl (C=O) groups excluding carboxylic acids is 1. The second kappa shape index (κ2) is 8.00. The van der Waals surface area contributed by atoms with Crippen molar-refractivity contribution in [2.24, 2.45) is 5.41 Å². The molecule has 3 aliphatic rings. The zero-order chi connectivity index (χ0) is 22.5. The molecule has 32 heavy (non-hydrogen) atoms. The summed E-state index contributed by atoms with van der Waals surface area (Å²) in [5, 5.41) is 2.85. The monoisotopic (exact) mass is 554 g/mol. The zero-order valence-corrected chi connectivity index (χ0v) is 20.0. The number of halogens is 3. The number of carbonyl (C=O) groups is 1. The smallest absolute Gasteiger partial charge is 0.282 e. The number of hydrogen-bond donors (Lipinski definition) is 1. The van der Waals surface area contributed by atoms with E-state index in [1.54, 1.807) is 12.1 Å². The second-order valence-electron chi connectivity index (χ2n) is 9.04. The SMILES string of the molecule is COc1ccc(NC(=O)c2ccc(I)cc2N2CCC3(CC2)CC3)nc1N1CC(F)(F)C1. The van der Waals surface area contributed by atoms with Crippen LogP contribution in [-0.2, 0) is 0 Å². The molecule has 3 heterocycles. The fourth-order valence-electron chi connectivity index (χ4n) is 4.59. The molecule has 1 amide bonds. The van der Waals surface area contributed by atoms with Crippen molar-refractivity contribution >= 4 is 45.8 Å². The lowest BCUT2D eigenvalue weighted by Gasteiger charge is -2.40. The molecule has 2 aliphatic heterocycles. The molecule has 6 nitrogen and oxygen atoms in total. The Kier molecular flexibility index (Phi) is 5.42. The molecule has 1 saturated carbocycles. The minimum Gasteiger partial charge on any atom is -0.493 e. The summed E-state index contributed by atoms with van der Waals surface area (Å²) in [6, 6.07) is 9.08. The van der Waals surface area contributed by atoms with Crippen molar-refractivity contribution in [3.63, 3.8) is 0 Å². The lowest BCUT2D eigenvalue weighted by molar-refractivity contribution is -0.0268. The number of piperidine rings is 1. The molecule has 170 valence electrons. The summed E-state index contributed by atoms with van der Waals surface area (Å²) in [6.45, 7) is 1.08. The van der Waals surface area contributed by atoms with E-state index in [4.69, 9.17) is 4.74 Å².